The zero-order valence-electron chi connectivity index (χ0n) is 16.0. The van der Waals surface area contributed by atoms with Crippen LogP contribution in [0.2, 0.25) is 10.0 Å². The van der Waals surface area contributed by atoms with Gasteiger partial charge in [0.1, 0.15) is 6.61 Å². The van der Waals surface area contributed by atoms with Crippen LogP contribution < -0.4 is 14.8 Å². The topological polar surface area (TPSA) is 47.6 Å². The molecule has 3 rings (SSSR count). The lowest BCUT2D eigenvalue weighted by atomic mass is 10.2. The van der Waals surface area contributed by atoms with E-state index in [-0.39, 0.29) is 5.91 Å². The van der Waals surface area contributed by atoms with Gasteiger partial charge in [0.25, 0.3) is 0 Å². The quantitative estimate of drug-likeness (QED) is 0.351. The van der Waals surface area contributed by atoms with Crippen molar-refractivity contribution >= 4 is 56.8 Å². The molecular formula is C23H18BrCl2NO3. The first-order valence-corrected chi connectivity index (χ1v) is 10.5. The average molecular weight is 507 g/mol. The maximum absolute atomic E-state index is 12.2. The fourth-order valence-corrected chi connectivity index (χ4v) is 3.51. The van der Waals surface area contributed by atoms with E-state index in [2.05, 4.69) is 21.2 Å². The largest absolute Gasteiger partial charge is 0.493 e. The molecule has 0 saturated carbocycles. The first kappa shape index (κ1) is 22.2. The molecule has 0 radical (unpaired) electrons. The molecule has 7 heteroatoms. The molecule has 0 bridgehead atoms. The van der Waals surface area contributed by atoms with Gasteiger partial charge < -0.3 is 14.8 Å². The molecule has 0 fully saturated rings. The lowest BCUT2D eigenvalue weighted by molar-refractivity contribution is -0.111. The summed E-state index contributed by atoms with van der Waals surface area (Å²) in [5.41, 5.74) is 2.38. The Kier molecular flexibility index (Phi) is 7.80. The molecule has 0 aliphatic rings. The van der Waals surface area contributed by atoms with Gasteiger partial charge >= 0.3 is 0 Å². The van der Waals surface area contributed by atoms with E-state index in [1.807, 2.05) is 36.4 Å². The van der Waals surface area contributed by atoms with E-state index >= 15 is 0 Å². The van der Waals surface area contributed by atoms with Crippen LogP contribution in [0.4, 0.5) is 5.69 Å². The van der Waals surface area contributed by atoms with Crippen LogP contribution in [0.5, 0.6) is 11.5 Å². The van der Waals surface area contributed by atoms with Gasteiger partial charge in [0, 0.05) is 11.8 Å². The van der Waals surface area contributed by atoms with Crippen molar-refractivity contribution in [1.29, 1.82) is 0 Å². The van der Waals surface area contributed by atoms with E-state index in [1.54, 1.807) is 37.5 Å². The van der Waals surface area contributed by atoms with Crippen LogP contribution >= 0.6 is 39.1 Å². The Bertz CT molecular complexity index is 1070. The minimum absolute atomic E-state index is 0.298. The maximum atomic E-state index is 12.2. The molecule has 3 aromatic carbocycles. The molecule has 0 aliphatic heterocycles. The minimum Gasteiger partial charge on any atom is -0.493 e. The van der Waals surface area contributed by atoms with Crippen molar-refractivity contribution < 1.29 is 14.3 Å². The third kappa shape index (κ3) is 6.02. The summed E-state index contributed by atoms with van der Waals surface area (Å²) >= 11 is 15.4. The van der Waals surface area contributed by atoms with Crippen LogP contribution in [0.15, 0.2) is 71.2 Å². The maximum Gasteiger partial charge on any atom is 0.248 e. The lowest BCUT2D eigenvalue weighted by Crippen LogP contribution is -2.07. The smallest absolute Gasteiger partial charge is 0.248 e. The number of anilines is 1. The van der Waals surface area contributed by atoms with Gasteiger partial charge in [0.05, 0.1) is 21.6 Å². The third-order valence-electron chi connectivity index (χ3n) is 4.09. The molecule has 0 unspecified atom stereocenters. The van der Waals surface area contributed by atoms with Crippen molar-refractivity contribution in [3.05, 3.63) is 92.4 Å². The number of ether oxygens (including phenoxy) is 2. The zero-order chi connectivity index (χ0) is 21.5. The molecule has 1 amide bonds. The summed E-state index contributed by atoms with van der Waals surface area (Å²) in [6.07, 6.45) is 3.11. The summed E-state index contributed by atoms with van der Waals surface area (Å²) in [6.45, 7) is 0.414. The highest BCUT2D eigenvalue weighted by Crippen LogP contribution is 2.37. The SMILES string of the molecule is COc1cc(/C=C/C(=O)Nc2ccc(Cl)c(Cl)c2)cc(Br)c1OCc1ccccc1. The number of amides is 1. The van der Waals surface area contributed by atoms with E-state index in [0.29, 0.717) is 33.8 Å². The fourth-order valence-electron chi connectivity index (χ4n) is 2.64. The number of hydrogen-bond acceptors (Lipinski definition) is 3. The number of hydrogen-bond donors (Lipinski definition) is 1. The van der Waals surface area contributed by atoms with Gasteiger partial charge in [-0.15, -0.1) is 0 Å². The van der Waals surface area contributed by atoms with Crippen molar-refractivity contribution in [2.24, 2.45) is 0 Å². The van der Waals surface area contributed by atoms with E-state index in [9.17, 15) is 4.79 Å². The van der Waals surface area contributed by atoms with Crippen LogP contribution in [0.1, 0.15) is 11.1 Å². The molecule has 0 aromatic heterocycles. The second kappa shape index (κ2) is 10.5. The summed E-state index contributed by atoms with van der Waals surface area (Å²) in [4.78, 5) is 12.2. The zero-order valence-corrected chi connectivity index (χ0v) is 19.1. The molecule has 0 atom stereocenters. The molecular weight excluding hydrogens is 489 g/mol. The second-order valence-corrected chi connectivity index (χ2v) is 7.93. The van der Waals surface area contributed by atoms with Gasteiger partial charge in [-0.1, -0.05) is 53.5 Å². The van der Waals surface area contributed by atoms with Gasteiger partial charge in [0.2, 0.25) is 5.91 Å². The van der Waals surface area contributed by atoms with E-state index in [4.69, 9.17) is 32.7 Å². The molecule has 3 aromatic rings. The number of nitrogens with one attached hydrogen (secondary N) is 1. The van der Waals surface area contributed by atoms with Crippen molar-refractivity contribution in [1.82, 2.24) is 0 Å². The van der Waals surface area contributed by atoms with Gasteiger partial charge in [-0.2, -0.15) is 0 Å². The molecule has 4 nitrogen and oxygen atoms in total. The Hall–Kier alpha value is -2.47. The van der Waals surface area contributed by atoms with Crippen molar-refractivity contribution in [3.63, 3.8) is 0 Å². The van der Waals surface area contributed by atoms with Crippen LogP contribution in [0, 0.1) is 0 Å². The van der Waals surface area contributed by atoms with Gasteiger partial charge in [-0.25, -0.2) is 0 Å². The van der Waals surface area contributed by atoms with Gasteiger partial charge in [-0.05, 0) is 63.5 Å². The first-order valence-electron chi connectivity index (χ1n) is 8.94. The monoisotopic (exact) mass is 505 g/mol. The Morgan fingerprint density at radius 2 is 1.83 bits per heavy atom. The number of rotatable bonds is 7. The predicted molar refractivity (Wildman–Crippen MR) is 126 cm³/mol. The number of methoxy groups -OCH3 is 1. The summed E-state index contributed by atoms with van der Waals surface area (Å²) < 4.78 is 12.1. The normalized spacial score (nSPS) is 10.8. The number of carbonyl (C=O) groups is 1. The number of carbonyl (C=O) groups excluding carboxylic acids is 1. The van der Waals surface area contributed by atoms with Crippen molar-refractivity contribution in [2.75, 3.05) is 12.4 Å². The summed E-state index contributed by atoms with van der Waals surface area (Å²) in [5.74, 6) is 0.858. The second-order valence-electron chi connectivity index (χ2n) is 6.26. The van der Waals surface area contributed by atoms with Crippen LogP contribution in [0.3, 0.4) is 0 Å². The Labute approximate surface area is 193 Å². The average Bonchev–Trinajstić information content (AvgIpc) is 2.74. The Balaban J connectivity index is 1.70. The van der Waals surface area contributed by atoms with E-state index in [0.717, 1.165) is 15.6 Å². The van der Waals surface area contributed by atoms with Crippen LogP contribution in [-0.2, 0) is 11.4 Å². The lowest BCUT2D eigenvalue weighted by Gasteiger charge is -2.13. The van der Waals surface area contributed by atoms with E-state index < -0.39 is 0 Å². The van der Waals surface area contributed by atoms with E-state index in [1.165, 1.54) is 6.08 Å². The molecule has 0 saturated heterocycles. The molecule has 154 valence electrons. The van der Waals surface area contributed by atoms with Crippen LogP contribution in [-0.4, -0.2) is 13.0 Å². The highest BCUT2D eigenvalue weighted by Gasteiger charge is 2.11. The standard InChI is InChI=1S/C23H18BrCl2NO3/c1-29-21-12-16(7-10-22(28)27-17-8-9-19(25)20(26)13-17)11-18(24)23(21)30-14-15-5-3-2-4-6-15/h2-13H,14H2,1H3,(H,27,28)/b10-7+. The molecule has 1 N–H and O–H groups in total. The third-order valence-corrected chi connectivity index (χ3v) is 5.42. The number of benzene rings is 3. The first-order chi connectivity index (χ1) is 14.5. The van der Waals surface area contributed by atoms with Crippen molar-refractivity contribution in [2.45, 2.75) is 6.61 Å². The van der Waals surface area contributed by atoms with Gasteiger partial charge in [0.15, 0.2) is 11.5 Å². The minimum atomic E-state index is -0.298. The molecule has 0 spiro atoms. The molecule has 0 aliphatic carbocycles. The summed E-state index contributed by atoms with van der Waals surface area (Å²) in [6, 6.07) is 18.4. The number of halogens is 3. The highest BCUT2D eigenvalue weighted by molar-refractivity contribution is 9.10. The predicted octanol–water partition coefficient (Wildman–Crippen LogP) is 7.00. The van der Waals surface area contributed by atoms with Crippen LogP contribution in [0.25, 0.3) is 6.08 Å². The summed E-state index contributed by atoms with van der Waals surface area (Å²) in [5, 5.41) is 3.54. The Morgan fingerprint density at radius 1 is 1.07 bits per heavy atom. The molecule has 0 heterocycles. The van der Waals surface area contributed by atoms with Gasteiger partial charge in [-0.3, -0.25) is 4.79 Å². The fraction of sp³-hybridized carbons (Fsp3) is 0.0870. The Morgan fingerprint density at radius 3 is 2.53 bits per heavy atom. The molecule has 30 heavy (non-hydrogen) atoms. The van der Waals surface area contributed by atoms with Crippen molar-refractivity contribution in [3.8, 4) is 11.5 Å². The summed E-state index contributed by atoms with van der Waals surface area (Å²) in [7, 11) is 1.57. The highest BCUT2D eigenvalue weighted by atomic mass is 79.9.